The standard InChI is InChI=1S/C19H20N4O2S/c1-24-17-11-15(12-21-23-19-22-18(20)13-26-19)7-8-16(17)25-10-9-14-5-3-2-4-6-14/h2-8,11-13H,9-10,20H2,1H3,(H,22,23). The third kappa shape index (κ3) is 4.97. The van der Waals surface area contributed by atoms with Gasteiger partial charge in [0.15, 0.2) is 11.5 Å². The first-order valence-corrected chi connectivity index (χ1v) is 8.97. The van der Waals surface area contributed by atoms with Crippen molar-refractivity contribution in [2.45, 2.75) is 6.42 Å². The first-order chi connectivity index (χ1) is 12.7. The number of thiazole rings is 1. The summed E-state index contributed by atoms with van der Waals surface area (Å²) in [6.07, 6.45) is 2.53. The second-order valence-electron chi connectivity index (χ2n) is 5.44. The molecule has 0 bridgehead atoms. The highest BCUT2D eigenvalue weighted by Crippen LogP contribution is 2.27. The van der Waals surface area contributed by atoms with E-state index in [0.29, 0.717) is 29.1 Å². The zero-order valence-electron chi connectivity index (χ0n) is 14.4. The fourth-order valence-electron chi connectivity index (χ4n) is 2.31. The molecule has 0 fully saturated rings. The van der Waals surface area contributed by atoms with Gasteiger partial charge in [0.1, 0.15) is 5.82 Å². The molecule has 6 nitrogen and oxygen atoms in total. The summed E-state index contributed by atoms with van der Waals surface area (Å²) in [6, 6.07) is 15.9. The van der Waals surface area contributed by atoms with Crippen molar-refractivity contribution in [1.82, 2.24) is 4.98 Å². The van der Waals surface area contributed by atoms with E-state index < -0.39 is 0 Å². The molecule has 0 saturated carbocycles. The van der Waals surface area contributed by atoms with Crippen LogP contribution in [0, 0.1) is 0 Å². The monoisotopic (exact) mass is 368 g/mol. The largest absolute Gasteiger partial charge is 0.493 e. The van der Waals surface area contributed by atoms with Gasteiger partial charge in [-0.05, 0) is 29.3 Å². The molecule has 1 heterocycles. The maximum absolute atomic E-state index is 5.86. The number of hydrogen-bond acceptors (Lipinski definition) is 7. The molecule has 134 valence electrons. The molecule has 3 N–H and O–H groups in total. The van der Waals surface area contributed by atoms with Crippen LogP contribution in [-0.4, -0.2) is 24.9 Å². The molecule has 0 unspecified atom stereocenters. The fraction of sp³-hybridized carbons (Fsp3) is 0.158. The molecule has 0 radical (unpaired) electrons. The summed E-state index contributed by atoms with van der Waals surface area (Å²) in [5.41, 5.74) is 10.5. The predicted octanol–water partition coefficient (Wildman–Crippen LogP) is 3.80. The Hall–Kier alpha value is -3.06. The number of nitrogen functional groups attached to an aromatic ring is 1. The number of anilines is 2. The van der Waals surface area contributed by atoms with E-state index in [1.54, 1.807) is 18.7 Å². The highest BCUT2D eigenvalue weighted by Gasteiger charge is 2.05. The minimum Gasteiger partial charge on any atom is -0.493 e. The van der Waals surface area contributed by atoms with Gasteiger partial charge >= 0.3 is 0 Å². The molecule has 0 spiro atoms. The lowest BCUT2D eigenvalue weighted by Crippen LogP contribution is -2.03. The Morgan fingerprint density at radius 3 is 2.77 bits per heavy atom. The van der Waals surface area contributed by atoms with Crippen molar-refractivity contribution in [3.05, 3.63) is 65.0 Å². The molecule has 0 amide bonds. The van der Waals surface area contributed by atoms with Crippen molar-refractivity contribution in [1.29, 1.82) is 0 Å². The molecule has 1 aromatic heterocycles. The predicted molar refractivity (Wildman–Crippen MR) is 106 cm³/mol. The summed E-state index contributed by atoms with van der Waals surface area (Å²) in [5, 5.41) is 6.55. The number of methoxy groups -OCH3 is 1. The number of nitrogens with zero attached hydrogens (tertiary/aromatic N) is 2. The van der Waals surface area contributed by atoms with Crippen LogP contribution >= 0.6 is 11.3 Å². The SMILES string of the molecule is COc1cc(C=NNc2nc(N)cs2)ccc1OCCc1ccccc1. The third-order valence-electron chi connectivity index (χ3n) is 3.57. The summed E-state index contributed by atoms with van der Waals surface area (Å²) >= 11 is 1.40. The van der Waals surface area contributed by atoms with Crippen LogP contribution in [0.15, 0.2) is 59.0 Å². The van der Waals surface area contributed by atoms with Crippen molar-refractivity contribution in [3.63, 3.8) is 0 Å². The summed E-state index contributed by atoms with van der Waals surface area (Å²) in [5.74, 6) is 1.85. The molecule has 0 aliphatic heterocycles. The number of rotatable bonds is 8. The van der Waals surface area contributed by atoms with E-state index in [9.17, 15) is 0 Å². The lowest BCUT2D eigenvalue weighted by molar-refractivity contribution is 0.297. The summed E-state index contributed by atoms with van der Waals surface area (Å²) in [7, 11) is 1.62. The zero-order chi connectivity index (χ0) is 18.2. The Morgan fingerprint density at radius 1 is 1.19 bits per heavy atom. The number of benzene rings is 2. The highest BCUT2D eigenvalue weighted by atomic mass is 32.1. The van der Waals surface area contributed by atoms with Crippen LogP contribution < -0.4 is 20.6 Å². The maximum atomic E-state index is 5.86. The van der Waals surface area contributed by atoms with Gasteiger partial charge in [-0.3, -0.25) is 5.43 Å². The number of hydrazone groups is 1. The van der Waals surface area contributed by atoms with Gasteiger partial charge in [-0.2, -0.15) is 5.10 Å². The zero-order valence-corrected chi connectivity index (χ0v) is 15.2. The number of nitrogens with two attached hydrogens (primary N) is 1. The average Bonchev–Trinajstić information content (AvgIpc) is 3.08. The van der Waals surface area contributed by atoms with E-state index >= 15 is 0 Å². The molecule has 26 heavy (non-hydrogen) atoms. The Balaban J connectivity index is 1.58. The fourth-order valence-corrected chi connectivity index (χ4v) is 2.86. The number of hydrogen-bond donors (Lipinski definition) is 2. The van der Waals surface area contributed by atoms with Crippen molar-refractivity contribution in [3.8, 4) is 11.5 Å². The maximum Gasteiger partial charge on any atom is 0.205 e. The second kappa shape index (κ2) is 8.87. The number of nitrogens with one attached hydrogen (secondary N) is 1. The van der Waals surface area contributed by atoms with E-state index in [-0.39, 0.29) is 0 Å². The first kappa shape index (κ1) is 17.8. The topological polar surface area (TPSA) is 81.8 Å². The van der Waals surface area contributed by atoms with E-state index in [2.05, 4.69) is 27.6 Å². The van der Waals surface area contributed by atoms with Gasteiger partial charge in [-0.25, -0.2) is 4.98 Å². The van der Waals surface area contributed by atoms with Crippen LogP contribution in [0.2, 0.25) is 0 Å². The van der Waals surface area contributed by atoms with Crippen LogP contribution in [0.3, 0.4) is 0 Å². The molecular weight excluding hydrogens is 348 g/mol. The minimum absolute atomic E-state index is 0.478. The van der Waals surface area contributed by atoms with Gasteiger partial charge in [-0.15, -0.1) is 11.3 Å². The van der Waals surface area contributed by atoms with Crippen molar-refractivity contribution in [2.75, 3.05) is 24.9 Å². The van der Waals surface area contributed by atoms with E-state index in [1.807, 2.05) is 36.4 Å². The Morgan fingerprint density at radius 2 is 2.04 bits per heavy atom. The van der Waals surface area contributed by atoms with Gasteiger partial charge < -0.3 is 15.2 Å². The average molecular weight is 368 g/mol. The van der Waals surface area contributed by atoms with Gasteiger partial charge in [-0.1, -0.05) is 30.3 Å². The van der Waals surface area contributed by atoms with Crippen LogP contribution in [0.25, 0.3) is 0 Å². The molecule has 0 aliphatic carbocycles. The Kier molecular flexibility index (Phi) is 6.05. The smallest absolute Gasteiger partial charge is 0.205 e. The van der Waals surface area contributed by atoms with Crippen molar-refractivity contribution < 1.29 is 9.47 Å². The highest BCUT2D eigenvalue weighted by molar-refractivity contribution is 7.14. The van der Waals surface area contributed by atoms with Crippen molar-refractivity contribution >= 4 is 28.5 Å². The van der Waals surface area contributed by atoms with E-state index in [4.69, 9.17) is 15.2 Å². The Bertz CT molecular complexity index is 865. The van der Waals surface area contributed by atoms with Gasteiger partial charge in [0.2, 0.25) is 5.13 Å². The molecule has 7 heteroatoms. The molecule has 3 rings (SSSR count). The van der Waals surface area contributed by atoms with Crippen molar-refractivity contribution in [2.24, 2.45) is 5.10 Å². The molecule has 0 aliphatic rings. The van der Waals surface area contributed by atoms with E-state index in [1.165, 1.54) is 16.9 Å². The summed E-state index contributed by atoms with van der Waals surface area (Å²) in [4.78, 5) is 4.08. The normalized spacial score (nSPS) is 10.8. The first-order valence-electron chi connectivity index (χ1n) is 8.09. The molecule has 2 aromatic carbocycles. The number of ether oxygens (including phenoxy) is 2. The lowest BCUT2D eigenvalue weighted by Gasteiger charge is -2.11. The van der Waals surface area contributed by atoms with Crippen LogP contribution in [0.4, 0.5) is 10.9 Å². The molecule has 3 aromatic rings. The second-order valence-corrected chi connectivity index (χ2v) is 6.30. The molecule has 0 atom stereocenters. The Labute approximate surface area is 156 Å². The minimum atomic E-state index is 0.478. The quantitative estimate of drug-likeness (QED) is 0.467. The van der Waals surface area contributed by atoms with Gasteiger partial charge in [0.25, 0.3) is 0 Å². The number of aromatic nitrogens is 1. The van der Waals surface area contributed by atoms with Gasteiger partial charge in [0, 0.05) is 11.8 Å². The van der Waals surface area contributed by atoms with Crippen LogP contribution in [0.5, 0.6) is 11.5 Å². The van der Waals surface area contributed by atoms with E-state index in [0.717, 1.165) is 12.0 Å². The molecule has 0 saturated heterocycles. The summed E-state index contributed by atoms with van der Waals surface area (Å²) < 4.78 is 11.3. The van der Waals surface area contributed by atoms with Gasteiger partial charge in [0.05, 0.1) is 19.9 Å². The molecular formula is C19H20N4O2S. The summed E-state index contributed by atoms with van der Waals surface area (Å²) in [6.45, 7) is 0.584. The lowest BCUT2D eigenvalue weighted by atomic mass is 10.2. The van der Waals surface area contributed by atoms with Crippen LogP contribution in [-0.2, 0) is 6.42 Å². The third-order valence-corrected chi connectivity index (χ3v) is 4.34. The van der Waals surface area contributed by atoms with Crippen LogP contribution in [0.1, 0.15) is 11.1 Å².